The van der Waals surface area contributed by atoms with Gasteiger partial charge in [0, 0.05) is 34.7 Å². The fourth-order valence-electron chi connectivity index (χ4n) is 5.20. The van der Waals surface area contributed by atoms with Crippen molar-refractivity contribution in [2.24, 2.45) is 11.8 Å². The van der Waals surface area contributed by atoms with Gasteiger partial charge in [0.15, 0.2) is 0 Å². The van der Waals surface area contributed by atoms with Crippen LogP contribution < -0.4 is 0 Å². The van der Waals surface area contributed by atoms with E-state index >= 15 is 0 Å². The van der Waals surface area contributed by atoms with Crippen molar-refractivity contribution in [3.63, 3.8) is 0 Å². The SMILES string of the molecule is O=C(c1ccc2[nH]ccc2c1)N1[C@@H]2CC[C@H]1CC(C1C=CC(F)=CC1)C2. The quantitative estimate of drug-likeness (QED) is 0.815. The van der Waals surface area contributed by atoms with Gasteiger partial charge in [0.2, 0.25) is 0 Å². The average Bonchev–Trinajstić information content (AvgIpc) is 3.23. The third kappa shape index (κ3) is 2.59. The molecule has 0 spiro atoms. The number of H-pyrrole nitrogens is 1. The zero-order valence-electron chi connectivity index (χ0n) is 14.7. The number of benzene rings is 1. The fraction of sp³-hybridized carbons (Fsp3) is 0.409. The highest BCUT2D eigenvalue weighted by atomic mass is 19.1. The van der Waals surface area contributed by atoms with Crippen LogP contribution in [0.1, 0.15) is 42.5 Å². The van der Waals surface area contributed by atoms with Gasteiger partial charge in [-0.25, -0.2) is 4.39 Å². The zero-order chi connectivity index (χ0) is 17.7. The molecule has 5 rings (SSSR count). The maximum atomic E-state index is 13.3. The Morgan fingerprint density at radius 3 is 2.69 bits per heavy atom. The average molecular weight is 350 g/mol. The van der Waals surface area contributed by atoms with Gasteiger partial charge >= 0.3 is 0 Å². The van der Waals surface area contributed by atoms with Crippen molar-refractivity contribution >= 4 is 16.8 Å². The van der Waals surface area contributed by atoms with Crippen molar-refractivity contribution < 1.29 is 9.18 Å². The predicted molar refractivity (Wildman–Crippen MR) is 100 cm³/mol. The Labute approximate surface area is 152 Å². The summed E-state index contributed by atoms with van der Waals surface area (Å²) < 4.78 is 13.3. The molecule has 2 fully saturated rings. The molecule has 134 valence electrons. The highest BCUT2D eigenvalue weighted by Gasteiger charge is 2.44. The summed E-state index contributed by atoms with van der Waals surface area (Å²) in [7, 11) is 0. The summed E-state index contributed by atoms with van der Waals surface area (Å²) in [6.45, 7) is 0. The summed E-state index contributed by atoms with van der Waals surface area (Å²) >= 11 is 0. The molecule has 4 atom stereocenters. The van der Waals surface area contributed by atoms with E-state index in [0.29, 0.717) is 23.9 Å². The van der Waals surface area contributed by atoms with E-state index in [0.717, 1.165) is 48.6 Å². The molecular formula is C22H23FN2O. The number of nitrogens with one attached hydrogen (secondary N) is 1. The van der Waals surface area contributed by atoms with Crippen LogP contribution in [0.25, 0.3) is 10.9 Å². The molecule has 1 amide bonds. The van der Waals surface area contributed by atoms with Crippen LogP contribution in [0.4, 0.5) is 4.39 Å². The molecule has 2 aromatic rings. The van der Waals surface area contributed by atoms with Crippen LogP contribution >= 0.6 is 0 Å². The highest BCUT2D eigenvalue weighted by Crippen LogP contribution is 2.44. The lowest BCUT2D eigenvalue weighted by atomic mass is 9.77. The molecule has 1 aliphatic carbocycles. The first kappa shape index (κ1) is 15.9. The molecule has 1 aromatic carbocycles. The highest BCUT2D eigenvalue weighted by molar-refractivity contribution is 5.98. The van der Waals surface area contributed by atoms with Gasteiger partial charge in [0.25, 0.3) is 5.91 Å². The Balaban J connectivity index is 1.35. The van der Waals surface area contributed by atoms with E-state index in [2.05, 4.69) is 9.88 Å². The van der Waals surface area contributed by atoms with Crippen molar-refractivity contribution in [1.82, 2.24) is 9.88 Å². The number of halogens is 1. The molecule has 0 radical (unpaired) electrons. The summed E-state index contributed by atoms with van der Waals surface area (Å²) in [6.07, 6.45) is 12.3. The number of carbonyl (C=O) groups excluding carboxylic acids is 1. The number of rotatable bonds is 2. The Kier molecular flexibility index (Phi) is 3.73. The number of piperidine rings is 1. The van der Waals surface area contributed by atoms with Gasteiger partial charge in [0.1, 0.15) is 5.83 Å². The van der Waals surface area contributed by atoms with E-state index in [1.807, 2.05) is 36.5 Å². The van der Waals surface area contributed by atoms with Crippen molar-refractivity contribution in [3.05, 3.63) is 60.1 Å². The van der Waals surface area contributed by atoms with Gasteiger partial charge in [-0.3, -0.25) is 4.79 Å². The number of carbonyl (C=O) groups is 1. The maximum Gasteiger partial charge on any atom is 0.254 e. The van der Waals surface area contributed by atoms with Gasteiger partial charge in [-0.15, -0.1) is 0 Å². The van der Waals surface area contributed by atoms with Gasteiger partial charge < -0.3 is 9.88 Å². The van der Waals surface area contributed by atoms with Crippen LogP contribution in [-0.4, -0.2) is 27.9 Å². The van der Waals surface area contributed by atoms with Gasteiger partial charge in [-0.1, -0.05) is 6.08 Å². The molecule has 1 aromatic heterocycles. The first-order chi connectivity index (χ1) is 12.7. The van der Waals surface area contributed by atoms with E-state index < -0.39 is 0 Å². The third-order valence-electron chi connectivity index (χ3n) is 6.50. The van der Waals surface area contributed by atoms with Crippen molar-refractivity contribution in [2.75, 3.05) is 0 Å². The second kappa shape index (κ2) is 6.11. The molecule has 26 heavy (non-hydrogen) atoms. The van der Waals surface area contributed by atoms with Crippen molar-refractivity contribution in [1.29, 1.82) is 0 Å². The standard InChI is InChI=1S/C22H23FN2O/c23-18-4-1-14(2-5-18)17-12-19-6-7-20(13-17)25(19)22(26)16-3-8-21-15(11-16)9-10-24-21/h1,3-5,8-11,14,17,19-20,24H,2,6-7,12-13H2/t14?,17?,19-,20+. The van der Waals surface area contributed by atoms with Crippen LogP contribution in [0.15, 0.2) is 54.5 Å². The second-order valence-electron chi connectivity index (χ2n) is 7.96. The van der Waals surface area contributed by atoms with Crippen LogP contribution in [0, 0.1) is 11.8 Å². The summed E-state index contributed by atoms with van der Waals surface area (Å²) in [5.74, 6) is 1.04. The summed E-state index contributed by atoms with van der Waals surface area (Å²) in [5, 5.41) is 1.08. The molecule has 0 saturated carbocycles. The number of nitrogens with zero attached hydrogens (tertiary/aromatic N) is 1. The molecule has 2 saturated heterocycles. The van der Waals surface area contributed by atoms with Crippen molar-refractivity contribution in [3.8, 4) is 0 Å². The minimum absolute atomic E-state index is 0.114. The number of aromatic nitrogens is 1. The number of hydrogen-bond donors (Lipinski definition) is 1. The first-order valence-electron chi connectivity index (χ1n) is 9.63. The lowest BCUT2D eigenvalue weighted by molar-refractivity contribution is 0.0485. The lowest BCUT2D eigenvalue weighted by Crippen LogP contribution is -2.47. The number of fused-ring (bicyclic) bond motifs is 3. The summed E-state index contributed by atoms with van der Waals surface area (Å²) in [5.41, 5.74) is 1.85. The van der Waals surface area contributed by atoms with E-state index in [4.69, 9.17) is 0 Å². The number of aromatic amines is 1. The molecule has 3 heterocycles. The van der Waals surface area contributed by atoms with E-state index in [1.54, 1.807) is 12.2 Å². The van der Waals surface area contributed by atoms with E-state index in [-0.39, 0.29) is 11.7 Å². The zero-order valence-corrected chi connectivity index (χ0v) is 14.7. The maximum absolute atomic E-state index is 13.3. The first-order valence-corrected chi connectivity index (χ1v) is 9.63. The van der Waals surface area contributed by atoms with Crippen molar-refractivity contribution in [2.45, 2.75) is 44.2 Å². The second-order valence-corrected chi connectivity index (χ2v) is 7.96. The molecule has 3 aliphatic rings. The Bertz CT molecular complexity index is 898. The normalized spacial score (nSPS) is 30.7. The number of hydrogen-bond acceptors (Lipinski definition) is 1. The Morgan fingerprint density at radius 1 is 1.15 bits per heavy atom. The molecule has 2 aliphatic heterocycles. The van der Waals surface area contributed by atoms with Crippen LogP contribution in [0.3, 0.4) is 0 Å². The van der Waals surface area contributed by atoms with Gasteiger partial charge in [0.05, 0.1) is 0 Å². The van der Waals surface area contributed by atoms with E-state index in [1.165, 1.54) is 0 Å². The Morgan fingerprint density at radius 2 is 1.96 bits per heavy atom. The van der Waals surface area contributed by atoms with E-state index in [9.17, 15) is 9.18 Å². The minimum atomic E-state index is -0.114. The molecule has 1 N–H and O–H groups in total. The molecular weight excluding hydrogens is 327 g/mol. The largest absolute Gasteiger partial charge is 0.361 e. The fourth-order valence-corrected chi connectivity index (χ4v) is 5.20. The third-order valence-corrected chi connectivity index (χ3v) is 6.50. The minimum Gasteiger partial charge on any atom is -0.361 e. The molecule has 3 nitrogen and oxygen atoms in total. The number of amides is 1. The molecule has 4 heteroatoms. The monoisotopic (exact) mass is 350 g/mol. The Hall–Kier alpha value is -2.36. The smallest absolute Gasteiger partial charge is 0.254 e. The summed E-state index contributed by atoms with van der Waals surface area (Å²) in [6, 6.07) is 8.59. The number of allylic oxidation sites excluding steroid dienone is 4. The van der Waals surface area contributed by atoms with Crippen LogP contribution in [0.2, 0.25) is 0 Å². The lowest BCUT2D eigenvalue weighted by Gasteiger charge is -2.41. The predicted octanol–water partition coefficient (Wildman–Crippen LogP) is 4.98. The van der Waals surface area contributed by atoms with Gasteiger partial charge in [-0.05, 0) is 80.4 Å². The van der Waals surface area contributed by atoms with Crippen LogP contribution in [-0.2, 0) is 0 Å². The molecule has 2 bridgehead atoms. The van der Waals surface area contributed by atoms with Gasteiger partial charge in [-0.2, -0.15) is 0 Å². The molecule has 2 unspecified atom stereocenters. The summed E-state index contributed by atoms with van der Waals surface area (Å²) in [4.78, 5) is 18.5. The van der Waals surface area contributed by atoms with Crippen LogP contribution in [0.5, 0.6) is 0 Å². The topological polar surface area (TPSA) is 36.1 Å².